The van der Waals surface area contributed by atoms with E-state index in [1.54, 1.807) is 6.92 Å². The number of aromatic nitrogens is 2. The minimum atomic E-state index is -1.62. The number of nitrogens with one attached hydrogen (secondary N) is 2. The molecule has 0 radical (unpaired) electrons. The van der Waals surface area contributed by atoms with Crippen molar-refractivity contribution < 1.29 is 24.3 Å². The number of hydrogen-bond acceptors (Lipinski definition) is 6. The zero-order valence-corrected chi connectivity index (χ0v) is 9.71. The molecule has 1 aromatic heterocycles. The summed E-state index contributed by atoms with van der Waals surface area (Å²) in [6, 6.07) is -0.574. The van der Waals surface area contributed by atoms with Crippen LogP contribution in [0.2, 0.25) is 0 Å². The Balaban J connectivity index is 2.15. The third-order valence-electron chi connectivity index (χ3n) is 1.94. The quantitative estimate of drug-likeness (QED) is 0.495. The molecule has 4 N–H and O–H groups in total. The predicted molar refractivity (Wildman–Crippen MR) is 57.8 cm³/mol. The number of nitrogens with zero attached hydrogens (tertiary/aromatic N) is 2. The molecule has 18 heavy (non-hydrogen) atoms. The molecular formula is C9H14N4O5. The first-order chi connectivity index (χ1) is 8.49. The summed E-state index contributed by atoms with van der Waals surface area (Å²) in [5.74, 6) is -0.477. The zero-order chi connectivity index (χ0) is 13.5. The van der Waals surface area contributed by atoms with Gasteiger partial charge in [-0.25, -0.2) is 9.59 Å². The number of aliphatic hydroxyl groups is 1. The molecular weight excluding hydrogens is 244 g/mol. The van der Waals surface area contributed by atoms with Gasteiger partial charge >= 0.3 is 12.0 Å². The van der Waals surface area contributed by atoms with Crippen molar-refractivity contribution in [2.45, 2.75) is 19.4 Å². The van der Waals surface area contributed by atoms with Gasteiger partial charge in [0.1, 0.15) is 0 Å². The molecule has 100 valence electrons. The van der Waals surface area contributed by atoms with Gasteiger partial charge in [-0.2, -0.15) is 4.98 Å². The molecule has 9 nitrogen and oxygen atoms in total. The molecule has 1 atom stereocenters. The molecule has 9 heteroatoms. The fourth-order valence-corrected chi connectivity index (χ4v) is 1.07. The van der Waals surface area contributed by atoms with E-state index in [0.29, 0.717) is 18.1 Å². The molecule has 1 heterocycles. The first-order valence-corrected chi connectivity index (χ1v) is 5.21. The fourth-order valence-electron chi connectivity index (χ4n) is 1.07. The van der Waals surface area contributed by atoms with E-state index < -0.39 is 18.1 Å². The summed E-state index contributed by atoms with van der Waals surface area (Å²) in [4.78, 5) is 25.4. The summed E-state index contributed by atoms with van der Waals surface area (Å²) >= 11 is 0. The molecule has 1 aromatic rings. The number of aliphatic hydroxyl groups excluding tert-OH is 1. The van der Waals surface area contributed by atoms with Crippen LogP contribution in [0.1, 0.15) is 11.7 Å². The van der Waals surface area contributed by atoms with Crippen molar-refractivity contribution in [2.75, 3.05) is 13.1 Å². The highest BCUT2D eigenvalue weighted by molar-refractivity contribution is 5.76. The molecule has 1 rings (SSSR count). The lowest BCUT2D eigenvalue weighted by Gasteiger charge is -2.08. The number of aliphatic carboxylic acids is 1. The summed E-state index contributed by atoms with van der Waals surface area (Å²) in [7, 11) is 0. The van der Waals surface area contributed by atoms with E-state index in [-0.39, 0.29) is 13.1 Å². The minimum absolute atomic E-state index is 0.272. The number of urea groups is 1. The molecule has 0 bridgehead atoms. The molecule has 2 amide bonds. The number of carboxylic acids is 1. The smallest absolute Gasteiger partial charge is 0.334 e. The average molecular weight is 258 g/mol. The van der Waals surface area contributed by atoms with E-state index in [1.165, 1.54) is 0 Å². The molecule has 0 aromatic carbocycles. The standard InChI is InChI=1S/C9H14N4O5/c1-5-12-7(13-18-5)2-3-10-9(17)11-4-6(14)8(15)16/h6,14H,2-4H2,1H3,(H,15,16)(H2,10,11,17)/t6-/m0/s1. The van der Waals surface area contributed by atoms with Gasteiger partial charge in [-0.05, 0) is 0 Å². The van der Waals surface area contributed by atoms with Gasteiger partial charge in [-0.15, -0.1) is 0 Å². The summed E-state index contributed by atoms with van der Waals surface area (Å²) in [6.45, 7) is 1.57. The van der Waals surface area contributed by atoms with Crippen LogP contribution in [0.3, 0.4) is 0 Å². The van der Waals surface area contributed by atoms with Gasteiger partial charge in [-0.3, -0.25) is 0 Å². The maximum absolute atomic E-state index is 11.2. The number of carbonyl (C=O) groups is 2. The van der Waals surface area contributed by atoms with Gasteiger partial charge < -0.3 is 25.4 Å². The molecule has 0 unspecified atom stereocenters. The van der Waals surface area contributed by atoms with Gasteiger partial charge in [0.15, 0.2) is 11.9 Å². The molecule has 0 spiro atoms. The number of carboxylic acid groups (broad SMARTS) is 1. The average Bonchev–Trinajstić information content (AvgIpc) is 2.71. The van der Waals surface area contributed by atoms with E-state index in [9.17, 15) is 9.59 Å². The third-order valence-corrected chi connectivity index (χ3v) is 1.94. The highest BCUT2D eigenvalue weighted by atomic mass is 16.5. The zero-order valence-electron chi connectivity index (χ0n) is 9.71. The normalized spacial score (nSPS) is 11.9. The number of hydrogen-bond donors (Lipinski definition) is 4. The number of rotatable bonds is 6. The van der Waals surface area contributed by atoms with E-state index in [1.807, 2.05) is 0 Å². The van der Waals surface area contributed by atoms with Crippen LogP contribution < -0.4 is 10.6 Å². The SMILES string of the molecule is Cc1nc(CCNC(=O)NC[C@H](O)C(=O)O)no1. The van der Waals surface area contributed by atoms with E-state index in [4.69, 9.17) is 14.7 Å². The van der Waals surface area contributed by atoms with Crippen LogP contribution in [0.25, 0.3) is 0 Å². The summed E-state index contributed by atoms with van der Waals surface area (Å²) in [6.07, 6.45) is -1.22. The Bertz CT molecular complexity index is 419. The lowest BCUT2D eigenvalue weighted by molar-refractivity contribution is -0.146. The van der Waals surface area contributed by atoms with Crippen molar-refractivity contribution >= 4 is 12.0 Å². The highest BCUT2D eigenvalue weighted by Crippen LogP contribution is 1.94. The van der Waals surface area contributed by atoms with E-state index in [0.717, 1.165) is 0 Å². The Morgan fingerprint density at radius 3 is 2.72 bits per heavy atom. The molecule has 0 aliphatic heterocycles. The second kappa shape index (κ2) is 6.55. The van der Waals surface area contributed by atoms with Crippen molar-refractivity contribution in [3.05, 3.63) is 11.7 Å². The van der Waals surface area contributed by atoms with Crippen LogP contribution in [0.15, 0.2) is 4.52 Å². The predicted octanol–water partition coefficient (Wildman–Crippen LogP) is -1.33. The van der Waals surface area contributed by atoms with Crippen LogP contribution in [0, 0.1) is 6.92 Å². The maximum atomic E-state index is 11.2. The topological polar surface area (TPSA) is 138 Å². The number of carbonyl (C=O) groups excluding carboxylic acids is 1. The van der Waals surface area contributed by atoms with Crippen molar-refractivity contribution in [1.29, 1.82) is 0 Å². The molecule has 0 aliphatic carbocycles. The van der Waals surface area contributed by atoms with Gasteiger partial charge in [0.25, 0.3) is 0 Å². The molecule has 0 fully saturated rings. The van der Waals surface area contributed by atoms with Gasteiger partial charge in [0.05, 0.1) is 6.54 Å². The molecule has 0 aliphatic rings. The Kier molecular flexibility index (Phi) is 5.06. The van der Waals surface area contributed by atoms with Crippen molar-refractivity contribution in [2.24, 2.45) is 0 Å². The third kappa shape index (κ3) is 4.78. The van der Waals surface area contributed by atoms with Gasteiger partial charge in [0, 0.05) is 19.9 Å². The summed E-state index contributed by atoms with van der Waals surface area (Å²) < 4.78 is 4.74. The minimum Gasteiger partial charge on any atom is -0.479 e. The highest BCUT2D eigenvalue weighted by Gasteiger charge is 2.13. The van der Waals surface area contributed by atoms with Crippen LogP contribution in [0.4, 0.5) is 4.79 Å². The number of aryl methyl sites for hydroxylation is 1. The second-order valence-electron chi connectivity index (χ2n) is 3.47. The fraction of sp³-hybridized carbons (Fsp3) is 0.556. The largest absolute Gasteiger partial charge is 0.479 e. The van der Waals surface area contributed by atoms with Crippen molar-refractivity contribution in [1.82, 2.24) is 20.8 Å². The van der Waals surface area contributed by atoms with Crippen LogP contribution in [0.5, 0.6) is 0 Å². The first kappa shape index (κ1) is 13.9. The van der Waals surface area contributed by atoms with Crippen LogP contribution in [-0.4, -0.2) is 51.5 Å². The van der Waals surface area contributed by atoms with Crippen molar-refractivity contribution in [3.63, 3.8) is 0 Å². The van der Waals surface area contributed by atoms with Crippen LogP contribution in [-0.2, 0) is 11.2 Å². The monoisotopic (exact) mass is 258 g/mol. The summed E-state index contributed by atoms with van der Waals surface area (Å²) in [5, 5.41) is 25.6. The van der Waals surface area contributed by atoms with Gasteiger partial charge in [0.2, 0.25) is 5.89 Å². The van der Waals surface area contributed by atoms with Gasteiger partial charge in [-0.1, -0.05) is 5.16 Å². The van der Waals surface area contributed by atoms with Crippen molar-refractivity contribution in [3.8, 4) is 0 Å². The van der Waals surface area contributed by atoms with E-state index in [2.05, 4.69) is 20.8 Å². The number of amides is 2. The Morgan fingerprint density at radius 2 is 2.17 bits per heavy atom. The Labute approximate surface area is 102 Å². The van der Waals surface area contributed by atoms with Crippen LogP contribution >= 0.6 is 0 Å². The Hall–Kier alpha value is -2.16. The Morgan fingerprint density at radius 1 is 1.44 bits per heavy atom. The maximum Gasteiger partial charge on any atom is 0.334 e. The second-order valence-corrected chi connectivity index (χ2v) is 3.47. The van der Waals surface area contributed by atoms with E-state index >= 15 is 0 Å². The summed E-state index contributed by atoms with van der Waals surface area (Å²) in [5.41, 5.74) is 0. The molecule has 0 saturated heterocycles. The first-order valence-electron chi connectivity index (χ1n) is 5.21. The lowest BCUT2D eigenvalue weighted by Crippen LogP contribution is -2.42. The lowest BCUT2D eigenvalue weighted by atomic mass is 10.3. The molecule has 0 saturated carbocycles.